The zero-order chi connectivity index (χ0) is 12.9. The zero-order valence-electron chi connectivity index (χ0n) is 11.8. The maximum absolute atomic E-state index is 11.4. The molecule has 1 amide bonds. The van der Waals surface area contributed by atoms with Crippen LogP contribution in [0, 0.1) is 0 Å². The highest BCUT2D eigenvalue weighted by Crippen LogP contribution is 1.99. The summed E-state index contributed by atoms with van der Waals surface area (Å²) in [5.74, 6) is 0.220. The molecule has 0 radical (unpaired) electrons. The molecular weight excluding hydrogens is 212 g/mol. The molecule has 102 valence electrons. The second-order valence-electron chi connectivity index (χ2n) is 4.98. The number of rotatable bonds is 11. The molecule has 0 atom stereocenters. The summed E-state index contributed by atoms with van der Waals surface area (Å²) in [7, 11) is 0. The molecule has 0 aromatic carbocycles. The van der Waals surface area contributed by atoms with Crippen molar-refractivity contribution in [3.63, 3.8) is 0 Å². The molecule has 17 heavy (non-hydrogen) atoms. The van der Waals surface area contributed by atoms with Gasteiger partial charge in [0.05, 0.1) is 0 Å². The van der Waals surface area contributed by atoms with Crippen LogP contribution in [0.2, 0.25) is 0 Å². The Morgan fingerprint density at radius 2 is 1.71 bits per heavy atom. The van der Waals surface area contributed by atoms with E-state index in [1.807, 2.05) is 0 Å². The lowest BCUT2D eigenvalue weighted by atomic mass is 10.2. The molecule has 0 fully saturated rings. The van der Waals surface area contributed by atoms with E-state index in [0.717, 1.165) is 32.4 Å². The van der Waals surface area contributed by atoms with Gasteiger partial charge in [0.15, 0.2) is 0 Å². The number of carbonyl (C=O) groups excluding carboxylic acids is 1. The van der Waals surface area contributed by atoms with E-state index in [9.17, 15) is 4.79 Å². The van der Waals surface area contributed by atoms with Gasteiger partial charge in [-0.25, -0.2) is 0 Å². The average molecular weight is 242 g/mol. The molecule has 0 saturated heterocycles. The van der Waals surface area contributed by atoms with Crippen molar-refractivity contribution in [3.05, 3.63) is 0 Å². The third-order valence-electron chi connectivity index (χ3n) is 2.74. The molecule has 0 spiro atoms. The van der Waals surface area contributed by atoms with Crippen LogP contribution in [0.15, 0.2) is 0 Å². The molecule has 3 heteroatoms. The van der Waals surface area contributed by atoms with Gasteiger partial charge in [-0.15, -0.1) is 0 Å². The van der Waals surface area contributed by atoms with Crippen molar-refractivity contribution >= 4 is 5.91 Å². The number of amides is 1. The third-order valence-corrected chi connectivity index (χ3v) is 2.74. The van der Waals surface area contributed by atoms with Gasteiger partial charge in [0.2, 0.25) is 5.91 Å². The van der Waals surface area contributed by atoms with E-state index < -0.39 is 0 Å². The first-order chi connectivity index (χ1) is 8.16. The van der Waals surface area contributed by atoms with Crippen LogP contribution in [0.4, 0.5) is 0 Å². The van der Waals surface area contributed by atoms with E-state index in [2.05, 4.69) is 31.4 Å². The van der Waals surface area contributed by atoms with Gasteiger partial charge >= 0.3 is 0 Å². The second kappa shape index (κ2) is 11.9. The van der Waals surface area contributed by atoms with E-state index in [1.54, 1.807) is 0 Å². The lowest BCUT2D eigenvalue weighted by Crippen LogP contribution is -2.24. The number of hydrogen-bond donors (Lipinski definition) is 2. The number of carbonyl (C=O) groups is 1. The normalized spacial score (nSPS) is 10.8. The molecule has 2 N–H and O–H groups in total. The summed E-state index contributed by atoms with van der Waals surface area (Å²) in [5.41, 5.74) is 0. The fourth-order valence-electron chi connectivity index (χ4n) is 1.67. The molecule has 0 bridgehead atoms. The van der Waals surface area contributed by atoms with E-state index in [0.29, 0.717) is 12.5 Å². The first kappa shape index (κ1) is 16.4. The highest BCUT2D eigenvalue weighted by atomic mass is 16.1. The van der Waals surface area contributed by atoms with E-state index >= 15 is 0 Å². The smallest absolute Gasteiger partial charge is 0.219 e. The first-order valence-corrected chi connectivity index (χ1v) is 7.17. The van der Waals surface area contributed by atoms with Crippen LogP contribution in [0.1, 0.15) is 65.7 Å². The molecule has 0 heterocycles. The van der Waals surface area contributed by atoms with Gasteiger partial charge in [0.25, 0.3) is 0 Å². The lowest BCUT2D eigenvalue weighted by Gasteiger charge is -2.07. The van der Waals surface area contributed by atoms with E-state index in [1.165, 1.54) is 19.3 Å². The molecule has 0 unspecified atom stereocenters. The van der Waals surface area contributed by atoms with E-state index in [4.69, 9.17) is 0 Å². The molecule has 0 rings (SSSR count). The summed E-state index contributed by atoms with van der Waals surface area (Å²) in [4.78, 5) is 11.4. The van der Waals surface area contributed by atoms with Gasteiger partial charge in [-0.2, -0.15) is 0 Å². The summed E-state index contributed by atoms with van der Waals surface area (Å²) < 4.78 is 0. The molecule has 0 aromatic rings. The van der Waals surface area contributed by atoms with Gasteiger partial charge in [0.1, 0.15) is 0 Å². The Balaban J connectivity index is 3.16. The highest BCUT2D eigenvalue weighted by Gasteiger charge is 2.00. The van der Waals surface area contributed by atoms with Gasteiger partial charge in [-0.3, -0.25) is 4.79 Å². The predicted molar refractivity (Wildman–Crippen MR) is 74.1 cm³/mol. The van der Waals surface area contributed by atoms with Crippen molar-refractivity contribution in [2.24, 2.45) is 0 Å². The summed E-state index contributed by atoms with van der Waals surface area (Å²) >= 11 is 0. The quantitative estimate of drug-likeness (QED) is 0.547. The van der Waals surface area contributed by atoms with Crippen molar-refractivity contribution in [2.45, 2.75) is 71.8 Å². The first-order valence-electron chi connectivity index (χ1n) is 7.17. The Labute approximate surface area is 107 Å². The Morgan fingerprint density at radius 1 is 1.00 bits per heavy atom. The molecule has 0 aliphatic rings. The van der Waals surface area contributed by atoms with Crippen LogP contribution in [-0.2, 0) is 4.79 Å². The monoisotopic (exact) mass is 242 g/mol. The fourth-order valence-corrected chi connectivity index (χ4v) is 1.67. The SMILES string of the molecule is CCCCCNC(=O)CCCCCNC(C)C. The Hall–Kier alpha value is -0.570. The van der Waals surface area contributed by atoms with E-state index in [-0.39, 0.29) is 5.91 Å². The maximum Gasteiger partial charge on any atom is 0.219 e. The van der Waals surface area contributed by atoms with Gasteiger partial charge in [-0.1, -0.05) is 40.0 Å². The van der Waals surface area contributed by atoms with Crippen molar-refractivity contribution in [2.75, 3.05) is 13.1 Å². The minimum atomic E-state index is 0.220. The van der Waals surface area contributed by atoms with Crippen molar-refractivity contribution in [3.8, 4) is 0 Å². The van der Waals surface area contributed by atoms with Gasteiger partial charge in [0, 0.05) is 19.0 Å². The summed E-state index contributed by atoms with van der Waals surface area (Å²) in [6, 6.07) is 0.567. The van der Waals surface area contributed by atoms with Crippen LogP contribution in [0.3, 0.4) is 0 Å². The lowest BCUT2D eigenvalue weighted by molar-refractivity contribution is -0.121. The minimum Gasteiger partial charge on any atom is -0.356 e. The molecule has 0 aromatic heterocycles. The Morgan fingerprint density at radius 3 is 2.35 bits per heavy atom. The summed E-state index contributed by atoms with van der Waals surface area (Å²) in [6.07, 6.45) is 7.54. The average Bonchev–Trinajstić information content (AvgIpc) is 2.29. The fraction of sp³-hybridized carbons (Fsp3) is 0.929. The topological polar surface area (TPSA) is 41.1 Å². The van der Waals surface area contributed by atoms with Crippen LogP contribution in [-0.4, -0.2) is 25.0 Å². The van der Waals surface area contributed by atoms with Crippen molar-refractivity contribution < 1.29 is 4.79 Å². The van der Waals surface area contributed by atoms with Crippen molar-refractivity contribution in [1.82, 2.24) is 10.6 Å². The number of unbranched alkanes of at least 4 members (excludes halogenated alkanes) is 4. The predicted octanol–water partition coefficient (Wildman–Crippen LogP) is 2.85. The largest absolute Gasteiger partial charge is 0.356 e. The number of nitrogens with one attached hydrogen (secondary N) is 2. The molecule has 0 aliphatic carbocycles. The van der Waals surface area contributed by atoms with Crippen LogP contribution in [0.25, 0.3) is 0 Å². The van der Waals surface area contributed by atoms with Gasteiger partial charge < -0.3 is 10.6 Å². The summed E-state index contributed by atoms with van der Waals surface area (Å²) in [6.45, 7) is 8.40. The number of hydrogen-bond acceptors (Lipinski definition) is 2. The van der Waals surface area contributed by atoms with Crippen LogP contribution in [0.5, 0.6) is 0 Å². The molecule has 3 nitrogen and oxygen atoms in total. The Bertz CT molecular complexity index is 181. The molecule has 0 saturated carbocycles. The second-order valence-corrected chi connectivity index (χ2v) is 4.98. The highest BCUT2D eigenvalue weighted by molar-refractivity contribution is 5.75. The third kappa shape index (κ3) is 13.4. The Kier molecular flexibility index (Phi) is 11.5. The zero-order valence-corrected chi connectivity index (χ0v) is 11.8. The molecule has 0 aliphatic heterocycles. The standard InChI is InChI=1S/C14H30N2O/c1-4-5-8-12-16-14(17)10-7-6-9-11-15-13(2)3/h13,15H,4-12H2,1-3H3,(H,16,17). The maximum atomic E-state index is 11.4. The summed E-state index contributed by atoms with van der Waals surface area (Å²) in [5, 5.41) is 6.35. The van der Waals surface area contributed by atoms with Crippen LogP contribution < -0.4 is 10.6 Å². The molecular formula is C14H30N2O. The van der Waals surface area contributed by atoms with Crippen LogP contribution >= 0.6 is 0 Å². The van der Waals surface area contributed by atoms with Crippen molar-refractivity contribution in [1.29, 1.82) is 0 Å². The minimum absolute atomic E-state index is 0.220. The van der Waals surface area contributed by atoms with Gasteiger partial charge in [-0.05, 0) is 25.8 Å².